The Morgan fingerprint density at radius 2 is 1.94 bits per heavy atom. The lowest BCUT2D eigenvalue weighted by Gasteiger charge is -2.17. The maximum absolute atomic E-state index is 10.3. The fourth-order valence-electron chi connectivity index (χ4n) is 1.35. The summed E-state index contributed by atoms with van der Waals surface area (Å²) in [6.07, 6.45) is -0.106. The molecule has 0 bridgehead atoms. The largest absolute Gasteiger partial charge is 0.373 e. The molecule has 0 aliphatic rings. The van der Waals surface area contributed by atoms with E-state index in [2.05, 4.69) is 0 Å². The van der Waals surface area contributed by atoms with Gasteiger partial charge >= 0.3 is 0 Å². The first kappa shape index (κ1) is 12.6. The number of nitrogens with zero attached hydrogens (tertiary/aromatic N) is 1. The second-order valence-corrected chi connectivity index (χ2v) is 3.99. The Kier molecular flexibility index (Phi) is 4.92. The molecule has 0 aliphatic heterocycles. The molecule has 0 saturated carbocycles. The molecule has 4 nitrogen and oxygen atoms in total. The van der Waals surface area contributed by atoms with Crippen molar-refractivity contribution in [2.45, 2.75) is 26.6 Å². The topological polar surface area (TPSA) is 52.4 Å². The maximum Gasteiger partial charge on any atom is 0.208 e. The third-order valence-corrected chi connectivity index (χ3v) is 2.59. The smallest absolute Gasteiger partial charge is 0.208 e. The maximum atomic E-state index is 10.3. The molecule has 0 heterocycles. The first-order valence-electron chi connectivity index (χ1n) is 5.37. The molecule has 0 spiro atoms. The molecule has 1 aromatic rings. The van der Waals surface area contributed by atoms with E-state index >= 15 is 0 Å². The SMILES string of the molecule is C[C@H](OCc1ccccc1)[C@@H](C)C[N+](=O)[O-]. The van der Waals surface area contributed by atoms with Crippen LogP contribution in [0.1, 0.15) is 19.4 Å². The van der Waals surface area contributed by atoms with Crippen molar-refractivity contribution >= 4 is 0 Å². The summed E-state index contributed by atoms with van der Waals surface area (Å²) in [6.45, 7) is 4.16. The van der Waals surface area contributed by atoms with E-state index in [1.54, 1.807) is 0 Å². The number of ether oxygens (including phenoxy) is 1. The zero-order valence-electron chi connectivity index (χ0n) is 9.63. The van der Waals surface area contributed by atoms with Crippen molar-refractivity contribution in [2.75, 3.05) is 6.54 Å². The van der Waals surface area contributed by atoms with Crippen molar-refractivity contribution in [1.29, 1.82) is 0 Å². The molecule has 1 aromatic carbocycles. The van der Waals surface area contributed by atoms with E-state index in [4.69, 9.17) is 4.74 Å². The molecule has 1 rings (SSSR count). The van der Waals surface area contributed by atoms with Gasteiger partial charge in [-0.25, -0.2) is 0 Å². The van der Waals surface area contributed by atoms with E-state index in [9.17, 15) is 10.1 Å². The molecular formula is C12H17NO3. The third kappa shape index (κ3) is 4.40. The summed E-state index contributed by atoms with van der Waals surface area (Å²) < 4.78 is 5.59. The summed E-state index contributed by atoms with van der Waals surface area (Å²) >= 11 is 0. The Hall–Kier alpha value is -1.42. The highest BCUT2D eigenvalue weighted by Crippen LogP contribution is 2.10. The number of hydrogen-bond donors (Lipinski definition) is 0. The summed E-state index contributed by atoms with van der Waals surface area (Å²) in [7, 11) is 0. The van der Waals surface area contributed by atoms with Crippen LogP contribution >= 0.6 is 0 Å². The highest BCUT2D eigenvalue weighted by Gasteiger charge is 2.17. The Labute approximate surface area is 95.4 Å². The first-order valence-corrected chi connectivity index (χ1v) is 5.37. The van der Waals surface area contributed by atoms with Gasteiger partial charge in [-0.05, 0) is 12.5 Å². The van der Waals surface area contributed by atoms with Gasteiger partial charge in [0.2, 0.25) is 6.54 Å². The van der Waals surface area contributed by atoms with Crippen LogP contribution in [-0.2, 0) is 11.3 Å². The minimum absolute atomic E-state index is 0.0457. The Bertz CT molecular complexity index is 326. The summed E-state index contributed by atoms with van der Waals surface area (Å²) in [5, 5.41) is 10.3. The highest BCUT2D eigenvalue weighted by atomic mass is 16.6. The molecule has 0 amide bonds. The van der Waals surface area contributed by atoms with Gasteiger partial charge in [0, 0.05) is 10.8 Å². The third-order valence-electron chi connectivity index (χ3n) is 2.59. The van der Waals surface area contributed by atoms with Crippen molar-refractivity contribution in [3.05, 3.63) is 46.0 Å². The van der Waals surface area contributed by atoms with Gasteiger partial charge in [-0.2, -0.15) is 0 Å². The van der Waals surface area contributed by atoms with Gasteiger partial charge in [0.15, 0.2) is 0 Å². The molecule has 0 N–H and O–H groups in total. The molecule has 16 heavy (non-hydrogen) atoms. The van der Waals surface area contributed by atoms with E-state index in [1.807, 2.05) is 44.2 Å². The highest BCUT2D eigenvalue weighted by molar-refractivity contribution is 5.13. The second kappa shape index (κ2) is 6.23. The lowest BCUT2D eigenvalue weighted by molar-refractivity contribution is -0.489. The summed E-state index contributed by atoms with van der Waals surface area (Å²) in [4.78, 5) is 10.0. The summed E-state index contributed by atoms with van der Waals surface area (Å²) in [6, 6.07) is 9.80. The monoisotopic (exact) mass is 223 g/mol. The van der Waals surface area contributed by atoms with Crippen LogP contribution in [0.15, 0.2) is 30.3 Å². The quantitative estimate of drug-likeness (QED) is 0.550. The van der Waals surface area contributed by atoms with Crippen LogP contribution in [0.25, 0.3) is 0 Å². The molecule has 2 atom stereocenters. The van der Waals surface area contributed by atoms with Gasteiger partial charge in [-0.15, -0.1) is 0 Å². The Morgan fingerprint density at radius 1 is 1.31 bits per heavy atom. The fraction of sp³-hybridized carbons (Fsp3) is 0.500. The van der Waals surface area contributed by atoms with Crippen molar-refractivity contribution in [1.82, 2.24) is 0 Å². The van der Waals surface area contributed by atoms with Gasteiger partial charge in [0.05, 0.1) is 12.7 Å². The van der Waals surface area contributed by atoms with Crippen LogP contribution in [-0.4, -0.2) is 17.6 Å². The van der Waals surface area contributed by atoms with E-state index in [0.29, 0.717) is 6.61 Å². The van der Waals surface area contributed by atoms with E-state index in [0.717, 1.165) is 5.56 Å². The van der Waals surface area contributed by atoms with Crippen LogP contribution in [0.3, 0.4) is 0 Å². The second-order valence-electron chi connectivity index (χ2n) is 3.99. The molecule has 0 aliphatic carbocycles. The van der Waals surface area contributed by atoms with Gasteiger partial charge in [0.25, 0.3) is 0 Å². The number of nitro groups is 1. The molecule has 0 aromatic heterocycles. The van der Waals surface area contributed by atoms with Crippen molar-refractivity contribution in [3.8, 4) is 0 Å². The van der Waals surface area contributed by atoms with Crippen LogP contribution in [0, 0.1) is 16.0 Å². The lowest BCUT2D eigenvalue weighted by Crippen LogP contribution is -2.24. The Balaban J connectivity index is 2.35. The normalized spacial score (nSPS) is 14.4. The Morgan fingerprint density at radius 3 is 2.50 bits per heavy atom. The predicted molar refractivity (Wildman–Crippen MR) is 61.7 cm³/mol. The number of benzene rings is 1. The minimum atomic E-state index is -0.299. The zero-order valence-corrected chi connectivity index (χ0v) is 9.63. The van der Waals surface area contributed by atoms with Gasteiger partial charge in [0.1, 0.15) is 0 Å². The van der Waals surface area contributed by atoms with Crippen LogP contribution in [0.5, 0.6) is 0 Å². The van der Waals surface area contributed by atoms with Gasteiger partial charge < -0.3 is 4.74 Å². The molecule has 0 radical (unpaired) electrons. The lowest BCUT2D eigenvalue weighted by atomic mass is 10.1. The van der Waals surface area contributed by atoms with Crippen molar-refractivity contribution < 1.29 is 9.66 Å². The molecule has 88 valence electrons. The van der Waals surface area contributed by atoms with Crippen LogP contribution < -0.4 is 0 Å². The first-order chi connectivity index (χ1) is 7.59. The molecule has 0 unspecified atom stereocenters. The molecule has 0 fully saturated rings. The minimum Gasteiger partial charge on any atom is -0.373 e. The fourth-order valence-corrected chi connectivity index (χ4v) is 1.35. The van der Waals surface area contributed by atoms with Crippen LogP contribution in [0.4, 0.5) is 0 Å². The van der Waals surface area contributed by atoms with Crippen molar-refractivity contribution in [2.24, 2.45) is 5.92 Å². The standard InChI is InChI=1S/C12H17NO3/c1-10(8-13(14)15)11(2)16-9-12-6-4-3-5-7-12/h3-7,10-11H,8-9H2,1-2H3/t10-,11-/m0/s1. The molecular weight excluding hydrogens is 206 g/mol. The summed E-state index contributed by atoms with van der Waals surface area (Å²) in [5.41, 5.74) is 1.09. The van der Waals surface area contributed by atoms with Gasteiger partial charge in [-0.1, -0.05) is 37.3 Å². The average Bonchev–Trinajstić information content (AvgIpc) is 2.26. The average molecular weight is 223 g/mol. The van der Waals surface area contributed by atoms with E-state index in [1.165, 1.54) is 0 Å². The predicted octanol–water partition coefficient (Wildman–Crippen LogP) is 2.50. The van der Waals surface area contributed by atoms with Crippen LogP contribution in [0.2, 0.25) is 0 Å². The van der Waals surface area contributed by atoms with Crippen molar-refractivity contribution in [3.63, 3.8) is 0 Å². The molecule has 4 heteroatoms. The number of rotatable bonds is 6. The van der Waals surface area contributed by atoms with E-state index < -0.39 is 0 Å². The summed E-state index contributed by atoms with van der Waals surface area (Å²) in [5.74, 6) is -0.0706. The van der Waals surface area contributed by atoms with Gasteiger partial charge in [-0.3, -0.25) is 10.1 Å². The molecule has 0 saturated heterocycles. The zero-order chi connectivity index (χ0) is 12.0. The number of hydrogen-bond acceptors (Lipinski definition) is 3. The van der Waals surface area contributed by atoms with E-state index in [-0.39, 0.29) is 23.5 Å².